The van der Waals surface area contributed by atoms with Crippen LogP contribution in [0.4, 0.5) is 0 Å². The van der Waals surface area contributed by atoms with Gasteiger partial charge in [-0.2, -0.15) is 0 Å². The minimum atomic E-state index is 0.0779. The van der Waals surface area contributed by atoms with E-state index in [1.807, 2.05) is 13.0 Å². The molecule has 0 saturated carbocycles. The molecule has 0 aliphatic heterocycles. The second kappa shape index (κ2) is 4.75. The zero-order valence-electron chi connectivity index (χ0n) is 8.42. The third-order valence-electron chi connectivity index (χ3n) is 1.57. The number of ketones is 2. The highest BCUT2D eigenvalue weighted by Crippen LogP contribution is 2.30. The largest absolute Gasteiger partial charge is 0.299 e. The van der Waals surface area contributed by atoms with Crippen LogP contribution in [0.2, 0.25) is 0 Å². The van der Waals surface area contributed by atoms with Gasteiger partial charge in [-0.05, 0) is 26.8 Å². The number of aryl methyl sites for hydroxylation is 1. The molecule has 0 saturated heterocycles. The SMILES string of the molecule is CC(=O)CSc1cc(C)sc1C(C)=O. The van der Waals surface area contributed by atoms with Crippen LogP contribution in [0.1, 0.15) is 28.4 Å². The van der Waals surface area contributed by atoms with E-state index in [2.05, 4.69) is 0 Å². The second-order valence-corrected chi connectivity index (χ2v) is 5.37. The number of hydrogen-bond acceptors (Lipinski definition) is 4. The van der Waals surface area contributed by atoms with E-state index in [0.29, 0.717) is 5.75 Å². The predicted molar refractivity (Wildman–Crippen MR) is 60.5 cm³/mol. The van der Waals surface area contributed by atoms with Crippen molar-refractivity contribution in [2.75, 3.05) is 5.75 Å². The molecule has 1 aromatic rings. The van der Waals surface area contributed by atoms with E-state index in [1.165, 1.54) is 23.1 Å². The Morgan fingerprint density at radius 1 is 1.43 bits per heavy atom. The van der Waals surface area contributed by atoms with Crippen molar-refractivity contribution in [2.45, 2.75) is 25.7 Å². The zero-order valence-corrected chi connectivity index (χ0v) is 10.1. The van der Waals surface area contributed by atoms with E-state index in [9.17, 15) is 9.59 Å². The Balaban J connectivity index is 2.84. The summed E-state index contributed by atoms with van der Waals surface area (Å²) < 4.78 is 0. The molecule has 0 bridgehead atoms. The lowest BCUT2D eigenvalue weighted by Crippen LogP contribution is -1.95. The third kappa shape index (κ3) is 2.96. The van der Waals surface area contributed by atoms with Gasteiger partial charge in [0.05, 0.1) is 10.6 Å². The monoisotopic (exact) mass is 228 g/mol. The van der Waals surface area contributed by atoms with Gasteiger partial charge in [0, 0.05) is 9.77 Å². The Morgan fingerprint density at radius 3 is 2.57 bits per heavy atom. The normalized spacial score (nSPS) is 10.2. The molecule has 76 valence electrons. The number of carbonyl (C=O) groups is 2. The summed E-state index contributed by atoms with van der Waals surface area (Å²) in [7, 11) is 0. The summed E-state index contributed by atoms with van der Waals surface area (Å²) in [5.41, 5.74) is 0. The Hall–Kier alpha value is -0.610. The molecule has 0 fully saturated rings. The Labute approximate surface area is 91.7 Å². The van der Waals surface area contributed by atoms with Crippen LogP contribution in [0.25, 0.3) is 0 Å². The summed E-state index contributed by atoms with van der Waals surface area (Å²) >= 11 is 2.94. The van der Waals surface area contributed by atoms with E-state index >= 15 is 0 Å². The molecular formula is C10H12O2S2. The zero-order chi connectivity index (χ0) is 10.7. The average molecular weight is 228 g/mol. The van der Waals surface area contributed by atoms with Crippen molar-refractivity contribution in [1.82, 2.24) is 0 Å². The fraction of sp³-hybridized carbons (Fsp3) is 0.400. The smallest absolute Gasteiger partial charge is 0.170 e. The van der Waals surface area contributed by atoms with Crippen LogP contribution in [0.15, 0.2) is 11.0 Å². The Kier molecular flexibility index (Phi) is 3.89. The van der Waals surface area contributed by atoms with Gasteiger partial charge in [0.2, 0.25) is 0 Å². The molecule has 1 heterocycles. The number of hydrogen-bond donors (Lipinski definition) is 0. The van der Waals surface area contributed by atoms with E-state index in [0.717, 1.165) is 14.6 Å². The van der Waals surface area contributed by atoms with Gasteiger partial charge in [-0.25, -0.2) is 0 Å². The molecular weight excluding hydrogens is 216 g/mol. The van der Waals surface area contributed by atoms with E-state index in [4.69, 9.17) is 0 Å². The maximum Gasteiger partial charge on any atom is 0.170 e. The first-order valence-corrected chi connectivity index (χ1v) is 6.04. The van der Waals surface area contributed by atoms with Gasteiger partial charge >= 0.3 is 0 Å². The third-order valence-corrected chi connectivity index (χ3v) is 4.04. The molecule has 1 aromatic heterocycles. The highest BCUT2D eigenvalue weighted by atomic mass is 32.2. The maximum absolute atomic E-state index is 11.2. The number of rotatable bonds is 4. The van der Waals surface area contributed by atoms with Crippen LogP contribution in [0.5, 0.6) is 0 Å². The van der Waals surface area contributed by atoms with Crippen molar-refractivity contribution in [2.24, 2.45) is 0 Å². The van der Waals surface area contributed by atoms with Crippen molar-refractivity contribution in [3.63, 3.8) is 0 Å². The lowest BCUT2D eigenvalue weighted by Gasteiger charge is -1.97. The van der Waals surface area contributed by atoms with E-state index < -0.39 is 0 Å². The number of thiophene rings is 1. The minimum absolute atomic E-state index is 0.0779. The first-order chi connectivity index (χ1) is 6.50. The van der Waals surface area contributed by atoms with Gasteiger partial charge in [0.1, 0.15) is 5.78 Å². The molecule has 1 rings (SSSR count). The van der Waals surface area contributed by atoms with Crippen LogP contribution >= 0.6 is 23.1 Å². The molecule has 0 amide bonds. The first kappa shape index (κ1) is 11.5. The van der Waals surface area contributed by atoms with Crippen molar-refractivity contribution in [3.05, 3.63) is 15.8 Å². The molecule has 4 heteroatoms. The molecule has 0 aliphatic rings. The molecule has 0 spiro atoms. The van der Waals surface area contributed by atoms with Crippen molar-refractivity contribution < 1.29 is 9.59 Å². The predicted octanol–water partition coefficient (Wildman–Crippen LogP) is 2.94. The molecule has 0 atom stereocenters. The maximum atomic E-state index is 11.2. The quantitative estimate of drug-likeness (QED) is 0.587. The first-order valence-electron chi connectivity index (χ1n) is 4.24. The number of thioether (sulfide) groups is 1. The van der Waals surface area contributed by atoms with Crippen LogP contribution in [-0.4, -0.2) is 17.3 Å². The second-order valence-electron chi connectivity index (χ2n) is 3.10. The summed E-state index contributed by atoms with van der Waals surface area (Å²) in [6.45, 7) is 5.08. The van der Waals surface area contributed by atoms with Crippen LogP contribution in [0, 0.1) is 6.92 Å². The van der Waals surface area contributed by atoms with Crippen molar-refractivity contribution >= 4 is 34.7 Å². The fourth-order valence-electron chi connectivity index (χ4n) is 1.02. The standard InChI is InChI=1S/C10H12O2S2/c1-6(11)5-13-9-4-7(2)14-10(9)8(3)12/h4H,5H2,1-3H3. The van der Waals surface area contributed by atoms with Crippen LogP contribution in [-0.2, 0) is 4.79 Å². The van der Waals surface area contributed by atoms with Gasteiger partial charge in [0.25, 0.3) is 0 Å². The van der Waals surface area contributed by atoms with Gasteiger partial charge in [-0.15, -0.1) is 23.1 Å². The topological polar surface area (TPSA) is 34.1 Å². The summed E-state index contributed by atoms with van der Waals surface area (Å²) in [4.78, 5) is 24.9. The molecule has 0 radical (unpaired) electrons. The highest BCUT2D eigenvalue weighted by molar-refractivity contribution is 8.00. The molecule has 0 N–H and O–H groups in total. The Morgan fingerprint density at radius 2 is 2.07 bits per heavy atom. The molecule has 0 unspecified atom stereocenters. The van der Waals surface area contributed by atoms with Crippen LogP contribution < -0.4 is 0 Å². The lowest BCUT2D eigenvalue weighted by molar-refractivity contribution is -0.114. The van der Waals surface area contributed by atoms with Gasteiger partial charge in [-0.1, -0.05) is 0 Å². The molecule has 0 aromatic carbocycles. The summed E-state index contributed by atoms with van der Waals surface area (Å²) in [5, 5.41) is 0. The summed E-state index contributed by atoms with van der Waals surface area (Å²) in [6.07, 6.45) is 0. The highest BCUT2D eigenvalue weighted by Gasteiger charge is 2.11. The fourth-order valence-corrected chi connectivity index (χ4v) is 3.09. The number of Topliss-reactive ketones (excluding diaryl/α,β-unsaturated/α-hetero) is 2. The van der Waals surface area contributed by atoms with E-state index in [-0.39, 0.29) is 11.6 Å². The van der Waals surface area contributed by atoms with Crippen molar-refractivity contribution in [3.8, 4) is 0 Å². The van der Waals surface area contributed by atoms with Gasteiger partial charge in [0.15, 0.2) is 5.78 Å². The van der Waals surface area contributed by atoms with Gasteiger partial charge in [-0.3, -0.25) is 9.59 Å². The minimum Gasteiger partial charge on any atom is -0.299 e. The molecule has 14 heavy (non-hydrogen) atoms. The molecule has 2 nitrogen and oxygen atoms in total. The summed E-state index contributed by atoms with van der Waals surface area (Å²) in [6, 6.07) is 1.97. The average Bonchev–Trinajstić information content (AvgIpc) is 2.43. The Bertz CT molecular complexity index is 366. The molecule has 0 aliphatic carbocycles. The van der Waals surface area contributed by atoms with E-state index in [1.54, 1.807) is 13.8 Å². The van der Waals surface area contributed by atoms with Crippen molar-refractivity contribution in [1.29, 1.82) is 0 Å². The number of carbonyl (C=O) groups excluding carboxylic acids is 2. The summed E-state index contributed by atoms with van der Waals surface area (Å²) in [5.74, 6) is 0.652. The van der Waals surface area contributed by atoms with Gasteiger partial charge < -0.3 is 0 Å². The van der Waals surface area contributed by atoms with Crippen LogP contribution in [0.3, 0.4) is 0 Å². The lowest BCUT2D eigenvalue weighted by atomic mass is 10.3.